The van der Waals surface area contributed by atoms with Gasteiger partial charge in [0.25, 0.3) is 5.91 Å². The fraction of sp³-hybridized carbons (Fsp3) is 0.238. The maximum absolute atomic E-state index is 13.4. The normalized spacial score (nSPS) is 12.3. The third-order valence-corrected chi connectivity index (χ3v) is 5.09. The van der Waals surface area contributed by atoms with Crippen LogP contribution in [0.3, 0.4) is 0 Å². The molecule has 150 valence electrons. The summed E-state index contributed by atoms with van der Waals surface area (Å²) in [6.07, 6.45) is 0. The minimum Gasteiger partial charge on any atom is -0.454 e. The van der Waals surface area contributed by atoms with Crippen LogP contribution in [-0.4, -0.2) is 27.4 Å². The quantitative estimate of drug-likeness (QED) is 0.629. The summed E-state index contributed by atoms with van der Waals surface area (Å²) in [6, 6.07) is 11.2. The topological polar surface area (TPSA) is 56.6 Å². The van der Waals surface area contributed by atoms with Crippen molar-refractivity contribution < 1.29 is 18.7 Å². The summed E-state index contributed by atoms with van der Waals surface area (Å²) in [7, 11) is 1.83. The van der Waals surface area contributed by atoms with Crippen molar-refractivity contribution >= 4 is 17.5 Å². The van der Waals surface area contributed by atoms with Gasteiger partial charge in [0.15, 0.2) is 11.5 Å². The van der Waals surface area contributed by atoms with Crippen LogP contribution < -0.4 is 9.47 Å². The van der Waals surface area contributed by atoms with Crippen molar-refractivity contribution in [1.29, 1.82) is 0 Å². The minimum atomic E-state index is -0.422. The van der Waals surface area contributed by atoms with Crippen molar-refractivity contribution in [2.75, 3.05) is 6.79 Å². The van der Waals surface area contributed by atoms with Crippen molar-refractivity contribution in [3.63, 3.8) is 0 Å². The van der Waals surface area contributed by atoms with Crippen LogP contribution >= 0.6 is 11.6 Å². The predicted octanol–water partition coefficient (Wildman–Crippen LogP) is 4.09. The molecule has 4 rings (SSSR count). The number of amides is 1. The van der Waals surface area contributed by atoms with Gasteiger partial charge >= 0.3 is 0 Å². The molecule has 8 heteroatoms. The number of ether oxygens (including phenoxy) is 2. The summed E-state index contributed by atoms with van der Waals surface area (Å²) in [5, 5.41) is 4.62. The van der Waals surface area contributed by atoms with E-state index in [0.29, 0.717) is 29.2 Å². The summed E-state index contributed by atoms with van der Waals surface area (Å²) in [4.78, 5) is 15.0. The van der Waals surface area contributed by atoms with Crippen molar-refractivity contribution in [3.05, 3.63) is 75.8 Å². The largest absolute Gasteiger partial charge is 0.454 e. The average molecular weight is 416 g/mol. The summed E-state index contributed by atoms with van der Waals surface area (Å²) in [5.74, 6) is 0.515. The zero-order chi connectivity index (χ0) is 20.5. The highest BCUT2D eigenvalue weighted by atomic mass is 35.5. The lowest BCUT2D eigenvalue weighted by atomic mass is 10.1. The maximum atomic E-state index is 13.4. The summed E-state index contributed by atoms with van der Waals surface area (Å²) < 4.78 is 25.9. The van der Waals surface area contributed by atoms with Gasteiger partial charge < -0.3 is 14.4 Å². The predicted molar refractivity (Wildman–Crippen MR) is 105 cm³/mol. The van der Waals surface area contributed by atoms with E-state index in [1.54, 1.807) is 33.8 Å². The zero-order valence-corrected chi connectivity index (χ0v) is 16.7. The highest BCUT2D eigenvalue weighted by Crippen LogP contribution is 2.33. The van der Waals surface area contributed by atoms with Gasteiger partial charge in [-0.05, 0) is 48.9 Å². The van der Waals surface area contributed by atoms with Crippen molar-refractivity contribution in [1.82, 2.24) is 14.7 Å². The van der Waals surface area contributed by atoms with Crippen LogP contribution in [0.15, 0.2) is 42.5 Å². The molecule has 3 aromatic rings. The van der Waals surface area contributed by atoms with Crippen molar-refractivity contribution in [3.8, 4) is 11.5 Å². The van der Waals surface area contributed by atoms with Crippen LogP contribution in [-0.2, 0) is 20.1 Å². The Hall–Kier alpha value is -3.06. The van der Waals surface area contributed by atoms with Crippen LogP contribution in [0.2, 0.25) is 5.02 Å². The fourth-order valence-corrected chi connectivity index (χ4v) is 3.50. The third kappa shape index (κ3) is 4.05. The van der Waals surface area contributed by atoms with E-state index in [4.69, 9.17) is 21.1 Å². The van der Waals surface area contributed by atoms with Gasteiger partial charge in [-0.2, -0.15) is 5.10 Å². The van der Waals surface area contributed by atoms with E-state index in [2.05, 4.69) is 5.10 Å². The van der Waals surface area contributed by atoms with Gasteiger partial charge in [-0.25, -0.2) is 4.39 Å². The average Bonchev–Trinajstić information content (AvgIpc) is 3.27. The van der Waals surface area contributed by atoms with E-state index >= 15 is 0 Å². The Morgan fingerprint density at radius 1 is 1.17 bits per heavy atom. The Morgan fingerprint density at radius 2 is 1.97 bits per heavy atom. The number of fused-ring (bicyclic) bond motifs is 1. The standard InChI is InChI=1S/C21H19ClFN3O3/c1-13-7-17(25(2)24-13)11-26(10-15-3-5-16(23)9-18(15)22)21(27)14-4-6-19-20(8-14)29-12-28-19/h3-9H,10-12H2,1-2H3. The lowest BCUT2D eigenvalue weighted by Crippen LogP contribution is -2.31. The Bertz CT molecular complexity index is 1080. The molecular formula is C21H19ClFN3O3. The van der Waals surface area contributed by atoms with E-state index < -0.39 is 5.82 Å². The molecule has 6 nitrogen and oxygen atoms in total. The first-order valence-electron chi connectivity index (χ1n) is 9.03. The summed E-state index contributed by atoms with van der Waals surface area (Å²) in [6.45, 7) is 2.56. The first kappa shape index (κ1) is 19.3. The smallest absolute Gasteiger partial charge is 0.254 e. The number of nitrogens with zero attached hydrogens (tertiary/aromatic N) is 3. The van der Waals surface area contributed by atoms with Crippen molar-refractivity contribution in [2.24, 2.45) is 7.05 Å². The molecule has 1 aromatic heterocycles. The Morgan fingerprint density at radius 3 is 2.69 bits per heavy atom. The molecule has 0 radical (unpaired) electrons. The first-order chi connectivity index (χ1) is 13.9. The van der Waals surface area contributed by atoms with Gasteiger partial charge in [0.2, 0.25) is 6.79 Å². The summed E-state index contributed by atoms with van der Waals surface area (Å²) >= 11 is 6.21. The number of aryl methyl sites for hydroxylation is 2. The molecule has 1 amide bonds. The molecule has 0 unspecified atom stereocenters. The molecular weight excluding hydrogens is 397 g/mol. The van der Waals surface area contributed by atoms with E-state index in [9.17, 15) is 9.18 Å². The van der Waals surface area contributed by atoms with Gasteiger partial charge in [0.1, 0.15) is 5.82 Å². The van der Waals surface area contributed by atoms with Gasteiger partial charge in [0.05, 0.1) is 17.9 Å². The lowest BCUT2D eigenvalue weighted by molar-refractivity contribution is 0.0725. The second kappa shape index (κ2) is 7.75. The monoisotopic (exact) mass is 415 g/mol. The number of carbonyl (C=O) groups is 1. The van der Waals surface area contributed by atoms with Gasteiger partial charge in [-0.1, -0.05) is 17.7 Å². The molecule has 0 aliphatic carbocycles. The number of halogens is 2. The van der Waals surface area contributed by atoms with E-state index in [1.165, 1.54) is 12.1 Å². The number of rotatable bonds is 5. The second-order valence-corrected chi connectivity index (χ2v) is 7.27. The third-order valence-electron chi connectivity index (χ3n) is 4.73. The van der Waals surface area contributed by atoms with Gasteiger partial charge in [-0.3, -0.25) is 9.48 Å². The fourth-order valence-electron chi connectivity index (χ4n) is 3.27. The number of carbonyl (C=O) groups excluding carboxylic acids is 1. The number of aromatic nitrogens is 2. The molecule has 1 aliphatic rings. The summed E-state index contributed by atoms with van der Waals surface area (Å²) in [5.41, 5.74) is 2.85. The molecule has 2 heterocycles. The molecule has 0 fully saturated rings. The lowest BCUT2D eigenvalue weighted by Gasteiger charge is -2.24. The molecule has 0 bridgehead atoms. The molecule has 0 N–H and O–H groups in total. The van der Waals surface area contributed by atoms with Crippen LogP contribution in [0.5, 0.6) is 11.5 Å². The Kier molecular flexibility index (Phi) is 5.15. The Balaban J connectivity index is 1.66. The zero-order valence-electron chi connectivity index (χ0n) is 16.0. The highest BCUT2D eigenvalue weighted by Gasteiger charge is 2.22. The van der Waals surface area contributed by atoms with E-state index in [1.807, 2.05) is 20.0 Å². The van der Waals surface area contributed by atoms with Crippen LogP contribution in [0, 0.1) is 12.7 Å². The molecule has 0 saturated carbocycles. The SMILES string of the molecule is Cc1cc(CN(Cc2ccc(F)cc2Cl)C(=O)c2ccc3c(c2)OCO3)n(C)n1. The molecule has 0 saturated heterocycles. The van der Waals surface area contributed by atoms with Crippen LogP contribution in [0.4, 0.5) is 4.39 Å². The number of hydrogen-bond donors (Lipinski definition) is 0. The molecule has 0 spiro atoms. The second-order valence-electron chi connectivity index (χ2n) is 6.87. The maximum Gasteiger partial charge on any atom is 0.254 e. The highest BCUT2D eigenvalue weighted by molar-refractivity contribution is 6.31. The van der Waals surface area contributed by atoms with Gasteiger partial charge in [0, 0.05) is 24.2 Å². The Labute approximate surface area is 172 Å². The minimum absolute atomic E-state index is 0.135. The van der Waals surface area contributed by atoms with E-state index in [0.717, 1.165) is 11.4 Å². The molecule has 29 heavy (non-hydrogen) atoms. The van der Waals surface area contributed by atoms with Gasteiger partial charge in [-0.15, -0.1) is 0 Å². The number of hydrogen-bond acceptors (Lipinski definition) is 4. The van der Waals surface area contributed by atoms with Crippen LogP contribution in [0.1, 0.15) is 27.3 Å². The van der Waals surface area contributed by atoms with E-state index in [-0.39, 0.29) is 24.3 Å². The van der Waals surface area contributed by atoms with Crippen molar-refractivity contribution in [2.45, 2.75) is 20.0 Å². The molecule has 0 atom stereocenters. The molecule has 1 aliphatic heterocycles. The molecule has 2 aromatic carbocycles. The number of benzene rings is 2. The first-order valence-corrected chi connectivity index (χ1v) is 9.41. The van der Waals surface area contributed by atoms with Crippen LogP contribution in [0.25, 0.3) is 0 Å².